The molecule has 0 aromatic carbocycles. The molecule has 0 radical (unpaired) electrons. The Kier molecular flexibility index (Phi) is 4.52. The van der Waals surface area contributed by atoms with Crippen LogP contribution in [0.3, 0.4) is 0 Å². The first-order valence-electron chi connectivity index (χ1n) is 5.26. The number of nitrogens with zero attached hydrogens (tertiary/aromatic N) is 1. The lowest BCUT2D eigenvalue weighted by Crippen LogP contribution is -2.20. The SMILES string of the molecule is C/C(=N/NC(=O)Cc1cccs1)c1ccc(Cl)s1. The monoisotopic (exact) mass is 298 g/mol. The predicted octanol–water partition coefficient (Wildman–Crippen LogP) is 3.55. The molecule has 18 heavy (non-hydrogen) atoms. The van der Waals surface area contributed by atoms with Gasteiger partial charge < -0.3 is 0 Å². The highest BCUT2D eigenvalue weighted by Gasteiger charge is 2.05. The standard InChI is InChI=1S/C12H11ClN2OS2/c1-8(10-4-5-11(13)18-10)14-15-12(16)7-9-3-2-6-17-9/h2-6H,7H2,1H3,(H,15,16)/b14-8-. The number of rotatable bonds is 4. The Morgan fingerprint density at radius 3 is 2.89 bits per heavy atom. The number of hydrazone groups is 1. The second kappa shape index (κ2) is 6.13. The van der Waals surface area contributed by atoms with Crippen LogP contribution in [0.4, 0.5) is 0 Å². The van der Waals surface area contributed by atoms with Crippen molar-refractivity contribution >= 4 is 45.9 Å². The van der Waals surface area contributed by atoms with Crippen LogP contribution in [0.1, 0.15) is 16.7 Å². The first-order chi connectivity index (χ1) is 8.65. The van der Waals surface area contributed by atoms with Gasteiger partial charge in [0.15, 0.2) is 0 Å². The van der Waals surface area contributed by atoms with Crippen molar-refractivity contribution in [3.63, 3.8) is 0 Å². The zero-order chi connectivity index (χ0) is 13.0. The van der Waals surface area contributed by atoms with E-state index >= 15 is 0 Å². The largest absolute Gasteiger partial charge is 0.273 e. The molecule has 0 atom stereocenters. The highest BCUT2D eigenvalue weighted by molar-refractivity contribution is 7.18. The quantitative estimate of drug-likeness (QED) is 0.681. The maximum atomic E-state index is 11.6. The molecule has 6 heteroatoms. The molecule has 2 heterocycles. The topological polar surface area (TPSA) is 41.5 Å². The van der Waals surface area contributed by atoms with Crippen LogP contribution in [0, 0.1) is 0 Å². The summed E-state index contributed by atoms with van der Waals surface area (Å²) in [5.74, 6) is -0.112. The number of nitrogens with one attached hydrogen (secondary N) is 1. The van der Waals surface area contributed by atoms with E-state index in [2.05, 4.69) is 10.5 Å². The molecular weight excluding hydrogens is 288 g/mol. The van der Waals surface area contributed by atoms with E-state index in [9.17, 15) is 4.79 Å². The summed E-state index contributed by atoms with van der Waals surface area (Å²) < 4.78 is 0.712. The van der Waals surface area contributed by atoms with Crippen molar-refractivity contribution in [3.8, 4) is 0 Å². The van der Waals surface area contributed by atoms with Gasteiger partial charge in [-0.05, 0) is 30.5 Å². The third-order valence-corrected chi connectivity index (χ3v) is 4.41. The van der Waals surface area contributed by atoms with Gasteiger partial charge in [-0.1, -0.05) is 17.7 Å². The van der Waals surface area contributed by atoms with Crippen LogP contribution >= 0.6 is 34.3 Å². The second-order valence-corrected chi connectivity index (χ2v) is 6.34. The molecule has 0 fully saturated rings. The van der Waals surface area contributed by atoms with Crippen molar-refractivity contribution in [2.24, 2.45) is 5.10 Å². The Balaban J connectivity index is 1.92. The van der Waals surface area contributed by atoms with E-state index in [-0.39, 0.29) is 5.91 Å². The lowest BCUT2D eigenvalue weighted by molar-refractivity contribution is -0.120. The first kappa shape index (κ1) is 13.3. The van der Waals surface area contributed by atoms with Crippen molar-refractivity contribution < 1.29 is 4.79 Å². The van der Waals surface area contributed by atoms with Crippen LogP contribution in [0.2, 0.25) is 4.34 Å². The fourth-order valence-corrected chi connectivity index (χ4v) is 3.01. The molecular formula is C12H11ClN2OS2. The highest BCUT2D eigenvalue weighted by Crippen LogP contribution is 2.21. The van der Waals surface area contributed by atoms with Crippen LogP contribution in [-0.4, -0.2) is 11.6 Å². The molecule has 2 aromatic heterocycles. The summed E-state index contributed by atoms with van der Waals surface area (Å²) in [6.45, 7) is 1.84. The normalized spacial score (nSPS) is 11.6. The van der Waals surface area contributed by atoms with Crippen LogP contribution in [0.5, 0.6) is 0 Å². The lowest BCUT2D eigenvalue weighted by Gasteiger charge is -1.99. The summed E-state index contributed by atoms with van der Waals surface area (Å²) in [6, 6.07) is 7.56. The third-order valence-electron chi connectivity index (χ3n) is 2.19. The molecule has 0 saturated heterocycles. The molecule has 2 aromatic rings. The van der Waals surface area contributed by atoms with Crippen LogP contribution in [0.25, 0.3) is 0 Å². The fraction of sp³-hybridized carbons (Fsp3) is 0.167. The number of halogens is 1. The van der Waals surface area contributed by atoms with E-state index < -0.39 is 0 Å². The van der Waals surface area contributed by atoms with Crippen molar-refractivity contribution in [2.45, 2.75) is 13.3 Å². The Labute approximate surface area is 118 Å². The van der Waals surface area contributed by atoms with Gasteiger partial charge in [-0.3, -0.25) is 4.79 Å². The van der Waals surface area contributed by atoms with Gasteiger partial charge in [0.05, 0.1) is 21.3 Å². The van der Waals surface area contributed by atoms with Crippen LogP contribution < -0.4 is 5.43 Å². The molecule has 0 aliphatic rings. The Hall–Kier alpha value is -1.17. The lowest BCUT2D eigenvalue weighted by atomic mass is 10.3. The van der Waals surface area contributed by atoms with Crippen molar-refractivity contribution in [1.82, 2.24) is 5.43 Å². The third kappa shape index (κ3) is 3.66. The Morgan fingerprint density at radius 1 is 1.44 bits per heavy atom. The Morgan fingerprint density at radius 2 is 2.28 bits per heavy atom. The van der Waals surface area contributed by atoms with Gasteiger partial charge in [0, 0.05) is 4.88 Å². The first-order valence-corrected chi connectivity index (χ1v) is 7.34. The number of carbonyl (C=O) groups excluding carboxylic acids is 1. The minimum atomic E-state index is -0.112. The van der Waals surface area contributed by atoms with Gasteiger partial charge in [-0.25, -0.2) is 5.43 Å². The summed E-state index contributed by atoms with van der Waals surface area (Å²) in [7, 11) is 0. The molecule has 0 bridgehead atoms. The van der Waals surface area contributed by atoms with Crippen molar-refractivity contribution in [2.75, 3.05) is 0 Å². The molecule has 0 spiro atoms. The van der Waals surface area contributed by atoms with Gasteiger partial charge in [-0.2, -0.15) is 5.10 Å². The van der Waals surface area contributed by atoms with Gasteiger partial charge in [0.2, 0.25) is 5.91 Å². The average Bonchev–Trinajstić information content (AvgIpc) is 2.97. The number of hydrogen-bond donors (Lipinski definition) is 1. The van der Waals surface area contributed by atoms with E-state index in [1.54, 1.807) is 11.3 Å². The number of amides is 1. The van der Waals surface area contributed by atoms with E-state index in [4.69, 9.17) is 11.6 Å². The molecule has 94 valence electrons. The van der Waals surface area contributed by atoms with Gasteiger partial charge in [-0.15, -0.1) is 22.7 Å². The van der Waals surface area contributed by atoms with E-state index in [1.165, 1.54) is 11.3 Å². The molecule has 1 N–H and O–H groups in total. The summed E-state index contributed by atoms with van der Waals surface area (Å²) >= 11 is 8.84. The summed E-state index contributed by atoms with van der Waals surface area (Å²) in [6.07, 6.45) is 0.361. The zero-order valence-electron chi connectivity index (χ0n) is 9.64. The highest BCUT2D eigenvalue weighted by atomic mass is 35.5. The minimum absolute atomic E-state index is 0.112. The minimum Gasteiger partial charge on any atom is -0.273 e. The molecule has 1 amide bonds. The van der Waals surface area contributed by atoms with Gasteiger partial charge in [0.25, 0.3) is 0 Å². The van der Waals surface area contributed by atoms with E-state index in [0.717, 1.165) is 15.5 Å². The second-order valence-electron chi connectivity index (χ2n) is 3.59. The molecule has 0 unspecified atom stereocenters. The maximum absolute atomic E-state index is 11.6. The number of hydrogen-bond acceptors (Lipinski definition) is 4. The van der Waals surface area contributed by atoms with Crippen LogP contribution in [0.15, 0.2) is 34.7 Å². The van der Waals surface area contributed by atoms with Crippen molar-refractivity contribution in [3.05, 3.63) is 43.7 Å². The number of thiophene rings is 2. The molecule has 0 saturated carbocycles. The van der Waals surface area contributed by atoms with Crippen molar-refractivity contribution in [1.29, 1.82) is 0 Å². The summed E-state index contributed by atoms with van der Waals surface area (Å²) in [5.41, 5.74) is 3.30. The molecule has 0 aliphatic carbocycles. The van der Waals surface area contributed by atoms with Gasteiger partial charge in [0.1, 0.15) is 0 Å². The zero-order valence-corrected chi connectivity index (χ0v) is 12.0. The predicted molar refractivity (Wildman–Crippen MR) is 77.7 cm³/mol. The maximum Gasteiger partial charge on any atom is 0.245 e. The van der Waals surface area contributed by atoms with E-state index in [1.807, 2.05) is 36.6 Å². The number of carbonyl (C=O) groups is 1. The van der Waals surface area contributed by atoms with Crippen LogP contribution in [-0.2, 0) is 11.2 Å². The smallest absolute Gasteiger partial charge is 0.245 e. The average molecular weight is 299 g/mol. The van der Waals surface area contributed by atoms with E-state index in [0.29, 0.717) is 10.8 Å². The fourth-order valence-electron chi connectivity index (χ4n) is 1.32. The van der Waals surface area contributed by atoms with Gasteiger partial charge >= 0.3 is 0 Å². The Bertz CT molecular complexity index is 560. The molecule has 2 rings (SSSR count). The molecule has 0 aliphatic heterocycles. The summed E-state index contributed by atoms with van der Waals surface area (Å²) in [5, 5.41) is 6.01. The molecule has 3 nitrogen and oxygen atoms in total. The summed E-state index contributed by atoms with van der Waals surface area (Å²) in [4.78, 5) is 13.6.